The van der Waals surface area contributed by atoms with Crippen LogP contribution in [0.3, 0.4) is 0 Å². The van der Waals surface area contributed by atoms with Gasteiger partial charge in [-0.25, -0.2) is 4.98 Å². The fraction of sp³-hybridized carbons (Fsp3) is 0.474. The molecule has 7 heteroatoms. The lowest BCUT2D eigenvalue weighted by Gasteiger charge is -2.38. The number of guanidine groups is 1. The number of benzene rings is 1. The first-order valence-electron chi connectivity index (χ1n) is 9.03. The first-order valence-corrected chi connectivity index (χ1v) is 10.3. The lowest BCUT2D eigenvalue weighted by atomic mass is 10.2. The summed E-state index contributed by atoms with van der Waals surface area (Å²) in [5.41, 5.74) is 2.24. The Bertz CT molecular complexity index is 737. The summed E-state index contributed by atoms with van der Waals surface area (Å²) in [6.45, 7) is 6.73. The largest absolute Gasteiger partial charge is 0.367 e. The molecule has 1 aliphatic rings. The number of aromatic nitrogens is 1. The molecule has 0 saturated carbocycles. The molecule has 0 aliphatic carbocycles. The Kier molecular flexibility index (Phi) is 6.74. The highest BCUT2D eigenvalue weighted by atomic mass is 35.5. The van der Waals surface area contributed by atoms with Crippen molar-refractivity contribution in [2.45, 2.75) is 19.8 Å². The zero-order chi connectivity index (χ0) is 18.4. The smallest absolute Gasteiger partial charge is 0.193 e. The summed E-state index contributed by atoms with van der Waals surface area (Å²) in [4.78, 5) is 13.6. The van der Waals surface area contributed by atoms with Gasteiger partial charge in [-0.15, -0.1) is 11.3 Å². The van der Waals surface area contributed by atoms with Crippen molar-refractivity contribution >= 4 is 34.6 Å². The van der Waals surface area contributed by atoms with Crippen LogP contribution in [0.1, 0.15) is 17.1 Å². The molecule has 0 atom stereocenters. The lowest BCUT2D eigenvalue weighted by molar-refractivity contribution is 0.372. The molecule has 1 aromatic carbocycles. The van der Waals surface area contributed by atoms with Crippen LogP contribution in [0.25, 0.3) is 0 Å². The zero-order valence-corrected chi connectivity index (χ0v) is 17.0. The molecule has 1 saturated heterocycles. The van der Waals surface area contributed by atoms with E-state index in [-0.39, 0.29) is 0 Å². The minimum Gasteiger partial charge on any atom is -0.367 e. The second-order valence-electron chi connectivity index (χ2n) is 6.39. The molecule has 5 nitrogen and oxygen atoms in total. The van der Waals surface area contributed by atoms with Crippen LogP contribution in [0.5, 0.6) is 0 Å². The van der Waals surface area contributed by atoms with E-state index < -0.39 is 0 Å². The van der Waals surface area contributed by atoms with E-state index in [1.54, 1.807) is 11.3 Å². The van der Waals surface area contributed by atoms with Gasteiger partial charge in [-0.1, -0.05) is 23.7 Å². The van der Waals surface area contributed by atoms with Crippen LogP contribution in [-0.2, 0) is 6.42 Å². The predicted octanol–water partition coefficient (Wildman–Crippen LogP) is 3.44. The van der Waals surface area contributed by atoms with Gasteiger partial charge >= 0.3 is 0 Å². The highest BCUT2D eigenvalue weighted by Crippen LogP contribution is 2.26. The third-order valence-electron chi connectivity index (χ3n) is 4.50. The first kappa shape index (κ1) is 19.0. The van der Waals surface area contributed by atoms with E-state index in [2.05, 4.69) is 36.5 Å². The molecular formula is C19H26ClN5S. The number of para-hydroxylation sites is 1. The van der Waals surface area contributed by atoms with Crippen LogP contribution >= 0.6 is 22.9 Å². The number of nitrogens with one attached hydrogen (secondary N) is 1. The van der Waals surface area contributed by atoms with Gasteiger partial charge in [0.05, 0.1) is 15.7 Å². The number of thiazole rings is 1. The van der Waals surface area contributed by atoms with Crippen LogP contribution in [0.15, 0.2) is 34.6 Å². The minimum absolute atomic E-state index is 0.820. The number of nitrogens with zero attached hydrogens (tertiary/aromatic N) is 4. The summed E-state index contributed by atoms with van der Waals surface area (Å²) in [5.74, 6) is 0.985. The molecular weight excluding hydrogens is 366 g/mol. The van der Waals surface area contributed by atoms with Gasteiger partial charge in [-0.2, -0.15) is 0 Å². The molecule has 0 bridgehead atoms. The van der Waals surface area contributed by atoms with Crippen LogP contribution in [0.4, 0.5) is 5.69 Å². The second kappa shape index (κ2) is 9.24. The number of piperazine rings is 1. The van der Waals surface area contributed by atoms with Gasteiger partial charge in [0.25, 0.3) is 0 Å². The Labute approximate surface area is 164 Å². The Morgan fingerprint density at radius 3 is 2.69 bits per heavy atom. The zero-order valence-electron chi connectivity index (χ0n) is 15.4. The van der Waals surface area contributed by atoms with Crippen molar-refractivity contribution < 1.29 is 0 Å². The average molecular weight is 392 g/mol. The molecule has 0 amide bonds. The highest BCUT2D eigenvalue weighted by Gasteiger charge is 2.20. The summed E-state index contributed by atoms with van der Waals surface area (Å²) in [6, 6.07) is 8.05. The summed E-state index contributed by atoms with van der Waals surface area (Å²) in [5, 5.41) is 7.64. The fourth-order valence-electron chi connectivity index (χ4n) is 3.16. The van der Waals surface area contributed by atoms with Gasteiger partial charge in [0, 0.05) is 57.3 Å². The van der Waals surface area contributed by atoms with E-state index in [0.717, 1.165) is 67.9 Å². The summed E-state index contributed by atoms with van der Waals surface area (Å²) in [7, 11) is 1.85. The Balaban J connectivity index is 1.44. The van der Waals surface area contributed by atoms with Crippen LogP contribution < -0.4 is 10.2 Å². The van der Waals surface area contributed by atoms with E-state index in [1.807, 2.05) is 32.2 Å². The quantitative estimate of drug-likeness (QED) is 0.481. The molecule has 0 spiro atoms. The molecule has 1 fully saturated rings. The van der Waals surface area contributed by atoms with Gasteiger partial charge in [0.1, 0.15) is 0 Å². The fourth-order valence-corrected chi connectivity index (χ4v) is 4.23. The maximum absolute atomic E-state index is 6.32. The maximum atomic E-state index is 6.32. The third kappa shape index (κ3) is 4.89. The van der Waals surface area contributed by atoms with Crippen molar-refractivity contribution in [2.75, 3.05) is 44.7 Å². The van der Waals surface area contributed by atoms with Crippen molar-refractivity contribution in [2.24, 2.45) is 4.99 Å². The van der Waals surface area contributed by atoms with Crippen molar-refractivity contribution in [1.82, 2.24) is 15.2 Å². The molecule has 26 heavy (non-hydrogen) atoms. The topological polar surface area (TPSA) is 43.8 Å². The van der Waals surface area contributed by atoms with Crippen LogP contribution in [0, 0.1) is 6.92 Å². The number of hydrogen-bond acceptors (Lipinski definition) is 4. The number of aryl methyl sites for hydroxylation is 2. The van der Waals surface area contributed by atoms with Crippen molar-refractivity contribution in [1.29, 1.82) is 0 Å². The summed E-state index contributed by atoms with van der Waals surface area (Å²) in [6.07, 6.45) is 2.08. The first-order chi connectivity index (χ1) is 12.7. The number of halogens is 1. The van der Waals surface area contributed by atoms with Gasteiger partial charge < -0.3 is 15.1 Å². The Morgan fingerprint density at radius 1 is 1.27 bits per heavy atom. The number of aliphatic imine (C=N–C) groups is 1. The lowest BCUT2D eigenvalue weighted by Crippen LogP contribution is -2.52. The molecule has 1 N–H and O–H groups in total. The van der Waals surface area contributed by atoms with Crippen LogP contribution in [-0.4, -0.2) is 55.6 Å². The highest BCUT2D eigenvalue weighted by molar-refractivity contribution is 7.09. The molecule has 0 radical (unpaired) electrons. The molecule has 3 rings (SSSR count). The van der Waals surface area contributed by atoms with Gasteiger partial charge in [-0.05, 0) is 25.5 Å². The van der Waals surface area contributed by atoms with E-state index in [4.69, 9.17) is 11.6 Å². The van der Waals surface area contributed by atoms with Crippen molar-refractivity contribution in [3.05, 3.63) is 45.4 Å². The maximum Gasteiger partial charge on any atom is 0.193 e. The minimum atomic E-state index is 0.820. The molecule has 2 heterocycles. The van der Waals surface area contributed by atoms with E-state index >= 15 is 0 Å². The Morgan fingerprint density at radius 2 is 2.04 bits per heavy atom. The normalized spacial score (nSPS) is 15.4. The number of rotatable bonds is 5. The van der Waals surface area contributed by atoms with Crippen LogP contribution in [0.2, 0.25) is 5.02 Å². The van der Waals surface area contributed by atoms with E-state index in [1.165, 1.54) is 5.01 Å². The molecule has 1 aliphatic heterocycles. The summed E-state index contributed by atoms with van der Waals surface area (Å²) >= 11 is 8.07. The van der Waals surface area contributed by atoms with Gasteiger partial charge in [-0.3, -0.25) is 4.99 Å². The van der Waals surface area contributed by atoms with Gasteiger partial charge in [0.15, 0.2) is 5.96 Å². The summed E-state index contributed by atoms with van der Waals surface area (Å²) < 4.78 is 0. The average Bonchev–Trinajstić information content (AvgIpc) is 3.08. The second-order valence-corrected chi connectivity index (χ2v) is 7.74. The molecule has 1 aromatic heterocycles. The number of hydrogen-bond donors (Lipinski definition) is 1. The third-order valence-corrected chi connectivity index (χ3v) is 5.85. The standard InChI is InChI=1S/C19H26ClN5S/c1-15-14-26-18(23-15)8-5-9-22-19(21-2)25-12-10-24(11-13-25)17-7-4-3-6-16(17)20/h3-4,6-7,14H,5,8-13H2,1-2H3,(H,21,22). The van der Waals surface area contributed by atoms with Crippen molar-refractivity contribution in [3.63, 3.8) is 0 Å². The molecule has 0 unspecified atom stereocenters. The molecule has 140 valence electrons. The van der Waals surface area contributed by atoms with E-state index in [0.29, 0.717) is 0 Å². The van der Waals surface area contributed by atoms with E-state index in [9.17, 15) is 0 Å². The predicted molar refractivity (Wildman–Crippen MR) is 112 cm³/mol. The van der Waals surface area contributed by atoms with Gasteiger partial charge in [0.2, 0.25) is 0 Å². The SMILES string of the molecule is CN=C(NCCCc1nc(C)cs1)N1CCN(c2ccccc2Cl)CC1. The number of anilines is 1. The monoisotopic (exact) mass is 391 g/mol. The molecule has 2 aromatic rings. The van der Waals surface area contributed by atoms with Crippen molar-refractivity contribution in [3.8, 4) is 0 Å². The Hall–Kier alpha value is -1.79.